The summed E-state index contributed by atoms with van der Waals surface area (Å²) in [4.78, 5) is 12.1. The van der Waals surface area contributed by atoms with Crippen LogP contribution in [0.25, 0.3) is 0 Å². The van der Waals surface area contributed by atoms with Crippen LogP contribution in [-0.2, 0) is 4.43 Å². The molecule has 1 aromatic rings. The minimum absolute atomic E-state index is 0.0188. The predicted molar refractivity (Wildman–Crippen MR) is 94.2 cm³/mol. The third-order valence-corrected chi connectivity index (χ3v) is 9.09. The Morgan fingerprint density at radius 1 is 1.29 bits per heavy atom. The summed E-state index contributed by atoms with van der Waals surface area (Å²) in [6.45, 7) is 13.6. The Kier molecular flexibility index (Phi) is 6.19. The van der Waals surface area contributed by atoms with E-state index in [0.717, 1.165) is 4.47 Å². The van der Waals surface area contributed by atoms with Gasteiger partial charge in [-0.1, -0.05) is 36.7 Å². The molecule has 1 amide bonds. The van der Waals surface area contributed by atoms with Crippen molar-refractivity contribution in [1.29, 1.82) is 0 Å². The van der Waals surface area contributed by atoms with Gasteiger partial charge in [-0.05, 0) is 49.3 Å². The molecule has 1 rings (SSSR count). The largest absolute Gasteiger partial charge is 0.412 e. The first-order valence-electron chi connectivity index (χ1n) is 7.24. The molecular weight excluding hydrogens is 346 g/mol. The van der Waals surface area contributed by atoms with Crippen molar-refractivity contribution in [1.82, 2.24) is 5.32 Å². The van der Waals surface area contributed by atoms with Gasteiger partial charge < -0.3 is 9.74 Å². The molecule has 0 aliphatic carbocycles. The summed E-state index contributed by atoms with van der Waals surface area (Å²) >= 11 is 3.36. The number of hydrogen-bond donors (Lipinski definition) is 1. The van der Waals surface area contributed by atoms with Gasteiger partial charge in [-0.25, -0.2) is 0 Å². The van der Waals surface area contributed by atoms with Crippen LogP contribution in [0.2, 0.25) is 18.1 Å². The molecule has 21 heavy (non-hydrogen) atoms. The molecule has 0 saturated carbocycles. The van der Waals surface area contributed by atoms with E-state index in [0.29, 0.717) is 12.1 Å². The van der Waals surface area contributed by atoms with E-state index in [9.17, 15) is 4.79 Å². The summed E-state index contributed by atoms with van der Waals surface area (Å²) in [6, 6.07) is 7.34. The Morgan fingerprint density at radius 2 is 1.81 bits per heavy atom. The predicted octanol–water partition coefficient (Wildman–Crippen LogP) is 4.59. The zero-order valence-electron chi connectivity index (χ0n) is 13.8. The molecule has 0 unspecified atom stereocenters. The molecule has 0 radical (unpaired) electrons. The van der Waals surface area contributed by atoms with Gasteiger partial charge in [0.15, 0.2) is 8.32 Å². The maximum atomic E-state index is 12.1. The third kappa shape index (κ3) is 5.56. The van der Waals surface area contributed by atoms with Crippen LogP contribution in [0.15, 0.2) is 28.7 Å². The van der Waals surface area contributed by atoms with Gasteiger partial charge in [-0.2, -0.15) is 0 Å². The van der Waals surface area contributed by atoms with Gasteiger partial charge in [0.05, 0.1) is 6.10 Å². The summed E-state index contributed by atoms with van der Waals surface area (Å²) in [6.07, 6.45) is 0.0188. The molecule has 0 saturated heterocycles. The zero-order valence-corrected chi connectivity index (χ0v) is 16.4. The van der Waals surface area contributed by atoms with Gasteiger partial charge in [0, 0.05) is 16.6 Å². The van der Waals surface area contributed by atoms with Crippen LogP contribution in [0.1, 0.15) is 38.1 Å². The number of carbonyl (C=O) groups is 1. The molecule has 0 heterocycles. The first-order chi connectivity index (χ1) is 9.53. The van der Waals surface area contributed by atoms with Gasteiger partial charge in [-0.3, -0.25) is 4.79 Å². The van der Waals surface area contributed by atoms with Gasteiger partial charge in [0.1, 0.15) is 0 Å². The SMILES string of the molecule is C[C@H](CNC(=O)c1ccc(Br)cc1)O[Si](C)(C)C(C)(C)C. The van der Waals surface area contributed by atoms with E-state index >= 15 is 0 Å². The summed E-state index contributed by atoms with van der Waals surface area (Å²) in [5.41, 5.74) is 0.665. The van der Waals surface area contributed by atoms with E-state index in [2.05, 4.69) is 55.1 Å². The Hall–Kier alpha value is -0.653. The molecule has 3 nitrogen and oxygen atoms in total. The van der Waals surface area contributed by atoms with E-state index in [1.54, 1.807) is 12.1 Å². The van der Waals surface area contributed by atoms with Crippen molar-refractivity contribution >= 4 is 30.2 Å². The summed E-state index contributed by atoms with van der Waals surface area (Å²) < 4.78 is 7.19. The standard InChI is InChI=1S/C16H26BrNO2Si/c1-12(20-21(5,6)16(2,3)4)11-18-15(19)13-7-9-14(17)10-8-13/h7-10,12H,11H2,1-6H3,(H,18,19)/t12-/m1/s1. The average molecular weight is 372 g/mol. The van der Waals surface area contributed by atoms with Crippen LogP contribution in [0.3, 0.4) is 0 Å². The van der Waals surface area contributed by atoms with Crippen molar-refractivity contribution in [3.8, 4) is 0 Å². The molecule has 0 aliphatic heterocycles. The first kappa shape index (κ1) is 18.4. The van der Waals surface area contributed by atoms with Crippen molar-refractivity contribution in [2.24, 2.45) is 0 Å². The fourth-order valence-corrected chi connectivity index (χ4v) is 3.37. The van der Waals surface area contributed by atoms with Gasteiger partial charge in [0.2, 0.25) is 0 Å². The lowest BCUT2D eigenvalue weighted by atomic mass is 10.2. The van der Waals surface area contributed by atoms with E-state index in [4.69, 9.17) is 4.43 Å². The molecular formula is C16H26BrNO2Si. The molecule has 0 aromatic heterocycles. The lowest BCUT2D eigenvalue weighted by molar-refractivity contribution is 0.0927. The van der Waals surface area contributed by atoms with E-state index in [-0.39, 0.29) is 17.0 Å². The van der Waals surface area contributed by atoms with Gasteiger partial charge in [0.25, 0.3) is 5.91 Å². The maximum Gasteiger partial charge on any atom is 0.251 e. The van der Waals surface area contributed by atoms with Crippen molar-refractivity contribution in [3.05, 3.63) is 34.3 Å². The summed E-state index contributed by atoms with van der Waals surface area (Å²) in [5.74, 6) is -0.0619. The van der Waals surface area contributed by atoms with Crippen LogP contribution in [0, 0.1) is 0 Å². The molecule has 1 N–H and O–H groups in total. The topological polar surface area (TPSA) is 38.3 Å². The summed E-state index contributed by atoms with van der Waals surface area (Å²) in [7, 11) is -1.78. The fourth-order valence-electron chi connectivity index (χ4n) is 1.66. The lowest BCUT2D eigenvalue weighted by Crippen LogP contribution is -2.46. The second-order valence-corrected chi connectivity index (χ2v) is 12.6. The highest BCUT2D eigenvalue weighted by Gasteiger charge is 2.38. The van der Waals surface area contributed by atoms with Crippen LogP contribution in [0.4, 0.5) is 0 Å². The molecule has 0 spiro atoms. The van der Waals surface area contributed by atoms with Crippen LogP contribution >= 0.6 is 15.9 Å². The highest BCUT2D eigenvalue weighted by Crippen LogP contribution is 2.37. The Balaban J connectivity index is 2.51. The quantitative estimate of drug-likeness (QED) is 0.768. The Morgan fingerprint density at radius 3 is 2.29 bits per heavy atom. The molecule has 118 valence electrons. The lowest BCUT2D eigenvalue weighted by Gasteiger charge is -2.38. The molecule has 1 atom stereocenters. The number of carbonyl (C=O) groups excluding carboxylic acids is 1. The van der Waals surface area contributed by atoms with E-state index in [1.165, 1.54) is 0 Å². The van der Waals surface area contributed by atoms with Crippen LogP contribution in [-0.4, -0.2) is 26.9 Å². The normalized spacial score (nSPS) is 13.9. The molecule has 0 aliphatic rings. The number of rotatable bonds is 5. The van der Waals surface area contributed by atoms with Crippen LogP contribution in [0.5, 0.6) is 0 Å². The van der Waals surface area contributed by atoms with E-state index < -0.39 is 8.32 Å². The third-order valence-electron chi connectivity index (χ3n) is 3.96. The first-order valence-corrected chi connectivity index (χ1v) is 10.9. The fraction of sp³-hybridized carbons (Fsp3) is 0.562. The van der Waals surface area contributed by atoms with Crippen molar-refractivity contribution in [2.45, 2.75) is 51.9 Å². The van der Waals surface area contributed by atoms with Crippen molar-refractivity contribution < 1.29 is 9.22 Å². The molecule has 0 fully saturated rings. The second-order valence-electron chi connectivity index (χ2n) is 6.91. The average Bonchev–Trinajstić information content (AvgIpc) is 2.35. The van der Waals surface area contributed by atoms with Crippen LogP contribution < -0.4 is 5.32 Å². The molecule has 1 aromatic carbocycles. The maximum absolute atomic E-state index is 12.1. The number of nitrogens with one attached hydrogen (secondary N) is 1. The molecule has 0 bridgehead atoms. The van der Waals surface area contributed by atoms with Gasteiger partial charge >= 0.3 is 0 Å². The molecule has 5 heteroatoms. The van der Waals surface area contributed by atoms with E-state index in [1.807, 2.05) is 19.1 Å². The Labute approximate surface area is 137 Å². The minimum Gasteiger partial charge on any atom is -0.412 e. The number of benzene rings is 1. The highest BCUT2D eigenvalue weighted by atomic mass is 79.9. The zero-order chi connectivity index (χ0) is 16.3. The Bertz CT molecular complexity index is 480. The smallest absolute Gasteiger partial charge is 0.251 e. The van der Waals surface area contributed by atoms with Gasteiger partial charge in [-0.15, -0.1) is 0 Å². The minimum atomic E-state index is -1.78. The number of amides is 1. The second kappa shape index (κ2) is 7.07. The van der Waals surface area contributed by atoms with Crippen molar-refractivity contribution in [2.75, 3.05) is 6.54 Å². The highest BCUT2D eigenvalue weighted by molar-refractivity contribution is 9.10. The summed E-state index contributed by atoms with van der Waals surface area (Å²) in [5, 5.41) is 3.11. The van der Waals surface area contributed by atoms with Crippen molar-refractivity contribution in [3.63, 3.8) is 0 Å². The number of halogens is 1. The number of hydrogen-bond acceptors (Lipinski definition) is 2. The monoisotopic (exact) mass is 371 g/mol.